The van der Waals surface area contributed by atoms with Crippen LogP contribution in [0.4, 0.5) is 0 Å². The van der Waals surface area contributed by atoms with E-state index in [2.05, 4.69) is 13.8 Å². The molecule has 1 aromatic rings. The Kier molecular flexibility index (Phi) is 4.36. The van der Waals surface area contributed by atoms with Crippen LogP contribution in [0.1, 0.15) is 51.5 Å². The summed E-state index contributed by atoms with van der Waals surface area (Å²) in [5.41, 5.74) is 1.34. The lowest BCUT2D eigenvalue weighted by molar-refractivity contribution is -0.144. The highest BCUT2D eigenvalue weighted by Crippen LogP contribution is 2.46. The SMILES string of the molecule is CCOc1ccc(C2CC(C)(C)CCC2C(=O)O)cc1. The van der Waals surface area contributed by atoms with Crippen molar-refractivity contribution in [2.24, 2.45) is 11.3 Å². The molecule has 0 heterocycles. The maximum Gasteiger partial charge on any atom is 0.307 e. The Morgan fingerprint density at radius 3 is 2.55 bits per heavy atom. The van der Waals surface area contributed by atoms with E-state index in [4.69, 9.17) is 4.74 Å². The van der Waals surface area contributed by atoms with Gasteiger partial charge in [0.25, 0.3) is 0 Å². The van der Waals surface area contributed by atoms with Gasteiger partial charge in [-0.2, -0.15) is 0 Å². The van der Waals surface area contributed by atoms with Crippen molar-refractivity contribution >= 4 is 5.97 Å². The number of hydrogen-bond acceptors (Lipinski definition) is 2. The number of benzene rings is 1. The highest BCUT2D eigenvalue weighted by molar-refractivity contribution is 5.71. The van der Waals surface area contributed by atoms with E-state index in [0.29, 0.717) is 6.61 Å². The second-order valence-corrected chi connectivity index (χ2v) is 6.46. The summed E-state index contributed by atoms with van der Waals surface area (Å²) in [6.45, 7) is 7.06. The van der Waals surface area contributed by atoms with Gasteiger partial charge in [0.2, 0.25) is 0 Å². The van der Waals surface area contributed by atoms with Crippen molar-refractivity contribution in [3.8, 4) is 5.75 Å². The summed E-state index contributed by atoms with van der Waals surface area (Å²) in [6, 6.07) is 7.93. The Balaban J connectivity index is 2.23. The standard InChI is InChI=1S/C17H24O3/c1-4-20-13-7-5-12(6-8-13)15-11-17(2,3)10-9-14(15)16(18)19/h5-8,14-15H,4,9-11H2,1-3H3,(H,18,19). The zero-order valence-electron chi connectivity index (χ0n) is 12.6. The summed E-state index contributed by atoms with van der Waals surface area (Å²) in [5, 5.41) is 9.45. The van der Waals surface area contributed by atoms with Gasteiger partial charge in [-0.15, -0.1) is 0 Å². The number of hydrogen-bond donors (Lipinski definition) is 1. The van der Waals surface area contributed by atoms with E-state index in [-0.39, 0.29) is 17.3 Å². The Hall–Kier alpha value is -1.51. The quantitative estimate of drug-likeness (QED) is 0.901. The Labute approximate surface area is 121 Å². The van der Waals surface area contributed by atoms with Crippen molar-refractivity contribution in [3.63, 3.8) is 0 Å². The van der Waals surface area contributed by atoms with E-state index in [1.165, 1.54) is 0 Å². The van der Waals surface area contributed by atoms with Crippen molar-refractivity contribution in [1.82, 2.24) is 0 Å². The summed E-state index contributed by atoms with van der Waals surface area (Å²) in [6.07, 6.45) is 2.68. The van der Waals surface area contributed by atoms with Gasteiger partial charge in [0.1, 0.15) is 5.75 Å². The van der Waals surface area contributed by atoms with Crippen LogP contribution in [0, 0.1) is 11.3 Å². The minimum absolute atomic E-state index is 0.104. The molecule has 1 fully saturated rings. The van der Waals surface area contributed by atoms with Crippen molar-refractivity contribution < 1.29 is 14.6 Å². The minimum Gasteiger partial charge on any atom is -0.494 e. The van der Waals surface area contributed by atoms with Crippen LogP contribution in [-0.4, -0.2) is 17.7 Å². The lowest BCUT2D eigenvalue weighted by Crippen LogP contribution is -2.32. The van der Waals surface area contributed by atoms with Crippen LogP contribution < -0.4 is 4.74 Å². The largest absolute Gasteiger partial charge is 0.494 e. The van der Waals surface area contributed by atoms with Crippen LogP contribution in [0.25, 0.3) is 0 Å². The van der Waals surface area contributed by atoms with Crippen molar-refractivity contribution in [3.05, 3.63) is 29.8 Å². The molecule has 110 valence electrons. The average Bonchev–Trinajstić information content (AvgIpc) is 2.38. The van der Waals surface area contributed by atoms with Gasteiger partial charge in [0.15, 0.2) is 0 Å². The van der Waals surface area contributed by atoms with E-state index in [9.17, 15) is 9.90 Å². The number of rotatable bonds is 4. The van der Waals surface area contributed by atoms with E-state index >= 15 is 0 Å². The van der Waals surface area contributed by atoms with Gasteiger partial charge in [0, 0.05) is 0 Å². The fourth-order valence-electron chi connectivity index (χ4n) is 3.21. The summed E-state index contributed by atoms with van der Waals surface area (Å²) >= 11 is 0. The fourth-order valence-corrected chi connectivity index (χ4v) is 3.21. The molecular weight excluding hydrogens is 252 g/mol. The molecule has 0 bridgehead atoms. The molecule has 0 spiro atoms. The predicted molar refractivity (Wildman–Crippen MR) is 79.1 cm³/mol. The summed E-state index contributed by atoms with van der Waals surface area (Å²) in [7, 11) is 0. The van der Waals surface area contributed by atoms with Crippen LogP contribution >= 0.6 is 0 Å². The van der Waals surface area contributed by atoms with Crippen molar-refractivity contribution in [1.29, 1.82) is 0 Å². The molecule has 2 atom stereocenters. The average molecular weight is 276 g/mol. The zero-order chi connectivity index (χ0) is 14.8. The molecule has 0 aliphatic heterocycles. The highest BCUT2D eigenvalue weighted by Gasteiger charge is 2.39. The molecule has 0 saturated heterocycles. The predicted octanol–water partition coefficient (Wildman–Crippen LogP) is 4.08. The maximum atomic E-state index is 11.5. The van der Waals surface area contributed by atoms with Crippen LogP contribution in [0.2, 0.25) is 0 Å². The zero-order valence-corrected chi connectivity index (χ0v) is 12.6. The van der Waals surface area contributed by atoms with E-state index in [0.717, 1.165) is 30.6 Å². The first-order valence-electron chi connectivity index (χ1n) is 7.38. The molecule has 1 N–H and O–H groups in total. The molecule has 0 aromatic heterocycles. The molecule has 2 unspecified atom stereocenters. The van der Waals surface area contributed by atoms with Crippen LogP contribution in [0.5, 0.6) is 5.75 Å². The van der Waals surface area contributed by atoms with Crippen molar-refractivity contribution in [2.45, 2.75) is 46.0 Å². The molecule has 1 aliphatic rings. The second-order valence-electron chi connectivity index (χ2n) is 6.46. The molecule has 1 aromatic carbocycles. The normalized spacial score (nSPS) is 25.1. The van der Waals surface area contributed by atoms with Gasteiger partial charge < -0.3 is 9.84 Å². The molecule has 3 nitrogen and oxygen atoms in total. The van der Waals surface area contributed by atoms with Crippen molar-refractivity contribution in [2.75, 3.05) is 6.61 Å². The molecule has 1 aliphatic carbocycles. The summed E-state index contributed by atoms with van der Waals surface area (Å²) in [4.78, 5) is 11.5. The Bertz CT molecular complexity index is 462. The highest BCUT2D eigenvalue weighted by atomic mass is 16.5. The summed E-state index contributed by atoms with van der Waals surface area (Å²) in [5.74, 6) is 0.0190. The Morgan fingerprint density at radius 2 is 2.00 bits per heavy atom. The number of carboxylic acid groups (broad SMARTS) is 1. The van der Waals surface area contributed by atoms with E-state index < -0.39 is 5.97 Å². The molecule has 3 heteroatoms. The van der Waals surface area contributed by atoms with Gasteiger partial charge in [0.05, 0.1) is 12.5 Å². The third kappa shape index (κ3) is 3.33. The number of carbonyl (C=O) groups is 1. The van der Waals surface area contributed by atoms with E-state index in [1.807, 2.05) is 31.2 Å². The topological polar surface area (TPSA) is 46.5 Å². The van der Waals surface area contributed by atoms with Crippen LogP contribution in [-0.2, 0) is 4.79 Å². The number of aliphatic carboxylic acids is 1. The first-order chi connectivity index (χ1) is 9.43. The fraction of sp³-hybridized carbons (Fsp3) is 0.588. The number of carboxylic acids is 1. The second kappa shape index (κ2) is 5.86. The molecule has 0 radical (unpaired) electrons. The van der Waals surface area contributed by atoms with Gasteiger partial charge in [-0.05, 0) is 55.2 Å². The third-order valence-corrected chi connectivity index (χ3v) is 4.33. The lowest BCUT2D eigenvalue weighted by atomic mass is 9.65. The molecular formula is C17H24O3. The molecule has 20 heavy (non-hydrogen) atoms. The first-order valence-corrected chi connectivity index (χ1v) is 7.38. The summed E-state index contributed by atoms with van der Waals surface area (Å²) < 4.78 is 5.45. The first kappa shape index (κ1) is 14.9. The number of ether oxygens (including phenoxy) is 1. The molecule has 1 saturated carbocycles. The maximum absolute atomic E-state index is 11.5. The lowest BCUT2D eigenvalue weighted by Gasteiger charge is -2.39. The van der Waals surface area contributed by atoms with Gasteiger partial charge in [-0.25, -0.2) is 0 Å². The molecule has 0 amide bonds. The smallest absolute Gasteiger partial charge is 0.307 e. The van der Waals surface area contributed by atoms with Crippen LogP contribution in [0.15, 0.2) is 24.3 Å². The van der Waals surface area contributed by atoms with Gasteiger partial charge in [-0.3, -0.25) is 4.79 Å². The van der Waals surface area contributed by atoms with Gasteiger partial charge >= 0.3 is 5.97 Å². The monoisotopic (exact) mass is 276 g/mol. The molecule has 2 rings (SSSR count). The Morgan fingerprint density at radius 1 is 1.35 bits per heavy atom. The van der Waals surface area contributed by atoms with Crippen LogP contribution in [0.3, 0.4) is 0 Å². The third-order valence-electron chi connectivity index (χ3n) is 4.33. The minimum atomic E-state index is -0.667. The van der Waals surface area contributed by atoms with Gasteiger partial charge in [-0.1, -0.05) is 26.0 Å². The van der Waals surface area contributed by atoms with E-state index in [1.54, 1.807) is 0 Å².